The summed E-state index contributed by atoms with van der Waals surface area (Å²) >= 11 is 0. The minimum Gasteiger partial charge on any atom is -0.481 e. The summed E-state index contributed by atoms with van der Waals surface area (Å²) in [5, 5.41) is 19.5. The van der Waals surface area contributed by atoms with Gasteiger partial charge in [-0.05, 0) is 43.4 Å². The molecule has 0 fully saturated rings. The van der Waals surface area contributed by atoms with Crippen LogP contribution in [0.2, 0.25) is 0 Å². The van der Waals surface area contributed by atoms with Gasteiger partial charge in [-0.3, -0.25) is 9.59 Å². The summed E-state index contributed by atoms with van der Waals surface area (Å²) in [6, 6.07) is 0. The molecule has 4 nitrogen and oxygen atoms in total. The highest BCUT2D eigenvalue weighted by Crippen LogP contribution is 2.56. The van der Waals surface area contributed by atoms with Crippen molar-refractivity contribution in [3.8, 4) is 0 Å². The summed E-state index contributed by atoms with van der Waals surface area (Å²) in [5.74, 6) is -1.66. The Bertz CT molecular complexity index is 433. The predicted molar refractivity (Wildman–Crippen MR) is 107 cm³/mol. The van der Waals surface area contributed by atoms with Crippen molar-refractivity contribution < 1.29 is 19.8 Å². The fraction of sp³-hybridized carbons (Fsp3) is 0.909. The summed E-state index contributed by atoms with van der Waals surface area (Å²) < 4.78 is 0. The zero-order valence-electron chi connectivity index (χ0n) is 18.1. The molecule has 0 aliphatic rings. The van der Waals surface area contributed by atoms with Crippen LogP contribution in [0.25, 0.3) is 0 Å². The lowest BCUT2D eigenvalue weighted by atomic mass is 9.50. The van der Waals surface area contributed by atoms with Crippen LogP contribution in [0.1, 0.15) is 99.8 Å². The van der Waals surface area contributed by atoms with Gasteiger partial charge in [-0.1, -0.05) is 73.6 Å². The van der Waals surface area contributed by atoms with Crippen LogP contribution >= 0.6 is 0 Å². The Morgan fingerprint density at radius 3 is 1.73 bits per heavy atom. The molecule has 0 saturated heterocycles. The molecule has 0 aliphatic carbocycles. The molecule has 0 rings (SSSR count). The highest BCUT2D eigenvalue weighted by atomic mass is 16.4. The monoisotopic (exact) mass is 370 g/mol. The van der Waals surface area contributed by atoms with E-state index >= 15 is 0 Å². The molecule has 0 radical (unpaired) electrons. The van der Waals surface area contributed by atoms with Crippen molar-refractivity contribution in [2.75, 3.05) is 0 Å². The Labute approximate surface area is 160 Å². The van der Waals surface area contributed by atoms with Crippen LogP contribution in [0.5, 0.6) is 0 Å². The van der Waals surface area contributed by atoms with Gasteiger partial charge in [0.25, 0.3) is 0 Å². The largest absolute Gasteiger partial charge is 0.481 e. The molecule has 0 heterocycles. The zero-order chi connectivity index (χ0) is 20.5. The van der Waals surface area contributed by atoms with E-state index in [-0.39, 0.29) is 11.8 Å². The fourth-order valence-corrected chi connectivity index (χ4v) is 4.99. The number of carboxylic acids is 2. The molecule has 2 atom stereocenters. The Kier molecular flexibility index (Phi) is 10.5. The molecule has 0 aromatic carbocycles. The second-order valence-electron chi connectivity index (χ2n) is 8.93. The molecule has 2 N–H and O–H groups in total. The van der Waals surface area contributed by atoms with Gasteiger partial charge in [-0.25, -0.2) is 0 Å². The van der Waals surface area contributed by atoms with E-state index in [0.29, 0.717) is 19.3 Å². The molecule has 0 amide bonds. The summed E-state index contributed by atoms with van der Waals surface area (Å²) in [6.07, 6.45) is 7.30. The number of carbonyl (C=O) groups is 2. The maximum atomic E-state index is 12.5. The summed E-state index contributed by atoms with van der Waals surface area (Å²) in [6.45, 7) is 14.2. The molecule has 4 heteroatoms. The van der Waals surface area contributed by atoms with Gasteiger partial charge < -0.3 is 10.2 Å². The van der Waals surface area contributed by atoms with Crippen LogP contribution in [0.4, 0.5) is 0 Å². The van der Waals surface area contributed by atoms with Gasteiger partial charge in [-0.2, -0.15) is 0 Å². The van der Waals surface area contributed by atoms with Crippen LogP contribution in [0, 0.1) is 28.6 Å². The highest BCUT2D eigenvalue weighted by molar-refractivity contribution is 5.75. The molecular weight excluding hydrogens is 328 g/mol. The van der Waals surface area contributed by atoms with Gasteiger partial charge in [0.1, 0.15) is 0 Å². The third kappa shape index (κ3) is 5.72. The van der Waals surface area contributed by atoms with E-state index in [2.05, 4.69) is 34.6 Å². The average molecular weight is 371 g/mol. The fourth-order valence-electron chi connectivity index (χ4n) is 4.99. The van der Waals surface area contributed by atoms with E-state index in [9.17, 15) is 19.8 Å². The lowest BCUT2D eigenvalue weighted by molar-refractivity contribution is -0.168. The van der Waals surface area contributed by atoms with Crippen LogP contribution in [0.3, 0.4) is 0 Å². The molecule has 0 aromatic heterocycles. The summed E-state index contributed by atoms with van der Waals surface area (Å²) in [4.78, 5) is 23.8. The van der Waals surface area contributed by atoms with Crippen molar-refractivity contribution in [1.29, 1.82) is 0 Å². The number of hydrogen-bond donors (Lipinski definition) is 2. The van der Waals surface area contributed by atoms with E-state index in [1.165, 1.54) is 12.8 Å². The first-order valence-corrected chi connectivity index (χ1v) is 10.4. The SMILES string of the molecule is CCCCCCCC(C)(C(=O)O)C(CCC(C)C(=O)O)(C(C)C)C(C)C. The third-order valence-corrected chi connectivity index (χ3v) is 6.75. The van der Waals surface area contributed by atoms with E-state index in [1.54, 1.807) is 6.92 Å². The van der Waals surface area contributed by atoms with Crippen LogP contribution in [-0.4, -0.2) is 22.2 Å². The second-order valence-corrected chi connectivity index (χ2v) is 8.93. The molecule has 0 saturated carbocycles. The number of hydrogen-bond acceptors (Lipinski definition) is 2. The molecule has 154 valence electrons. The topological polar surface area (TPSA) is 74.6 Å². The molecule has 0 aliphatic heterocycles. The van der Waals surface area contributed by atoms with Crippen LogP contribution < -0.4 is 0 Å². The minimum absolute atomic E-state index is 0.167. The van der Waals surface area contributed by atoms with Gasteiger partial charge in [0.05, 0.1) is 11.3 Å². The van der Waals surface area contributed by atoms with Gasteiger partial charge >= 0.3 is 11.9 Å². The second kappa shape index (κ2) is 10.9. The van der Waals surface area contributed by atoms with E-state index < -0.39 is 28.7 Å². The van der Waals surface area contributed by atoms with Crippen LogP contribution in [0.15, 0.2) is 0 Å². The molecule has 0 bridgehead atoms. The number of unbranched alkanes of at least 4 members (excludes halogenated alkanes) is 4. The quantitative estimate of drug-likeness (QED) is 0.355. The molecule has 0 aromatic rings. The maximum absolute atomic E-state index is 12.5. The standard InChI is InChI=1S/C22H42O4/c1-8-9-10-11-12-14-21(7,20(25)26)22(16(2)3,17(4)5)15-13-18(6)19(23)24/h16-18H,8-15H2,1-7H3,(H,23,24)(H,25,26). The smallest absolute Gasteiger partial charge is 0.309 e. The van der Waals surface area contributed by atoms with Crippen molar-refractivity contribution in [3.63, 3.8) is 0 Å². The molecule has 0 spiro atoms. The number of aliphatic carboxylic acids is 2. The first-order chi connectivity index (χ1) is 12.0. The highest BCUT2D eigenvalue weighted by Gasteiger charge is 2.55. The third-order valence-electron chi connectivity index (χ3n) is 6.75. The number of carboxylic acid groups (broad SMARTS) is 2. The Hall–Kier alpha value is -1.06. The van der Waals surface area contributed by atoms with Crippen molar-refractivity contribution in [2.24, 2.45) is 28.6 Å². The molecule has 26 heavy (non-hydrogen) atoms. The van der Waals surface area contributed by atoms with Gasteiger partial charge in [0.2, 0.25) is 0 Å². The number of rotatable bonds is 14. The van der Waals surface area contributed by atoms with E-state index in [4.69, 9.17) is 0 Å². The van der Waals surface area contributed by atoms with Crippen molar-refractivity contribution >= 4 is 11.9 Å². The normalized spacial score (nSPS) is 15.9. The average Bonchev–Trinajstić information content (AvgIpc) is 2.53. The minimum atomic E-state index is -0.847. The maximum Gasteiger partial charge on any atom is 0.309 e. The van der Waals surface area contributed by atoms with Crippen LogP contribution in [-0.2, 0) is 9.59 Å². The van der Waals surface area contributed by atoms with Crippen molar-refractivity contribution in [3.05, 3.63) is 0 Å². The van der Waals surface area contributed by atoms with E-state index in [0.717, 1.165) is 19.3 Å². The van der Waals surface area contributed by atoms with E-state index in [1.807, 2.05) is 6.92 Å². The lowest BCUT2D eigenvalue weighted by Crippen LogP contribution is -2.52. The summed E-state index contributed by atoms with van der Waals surface area (Å²) in [5.41, 5.74) is -1.27. The Balaban J connectivity index is 5.66. The Morgan fingerprint density at radius 1 is 0.846 bits per heavy atom. The van der Waals surface area contributed by atoms with Gasteiger partial charge in [-0.15, -0.1) is 0 Å². The first kappa shape index (κ1) is 24.9. The molecule has 2 unspecified atom stereocenters. The van der Waals surface area contributed by atoms with Gasteiger partial charge in [0.15, 0.2) is 0 Å². The Morgan fingerprint density at radius 2 is 1.35 bits per heavy atom. The van der Waals surface area contributed by atoms with Crippen molar-refractivity contribution in [2.45, 2.75) is 99.8 Å². The first-order valence-electron chi connectivity index (χ1n) is 10.4. The zero-order valence-corrected chi connectivity index (χ0v) is 18.1. The lowest BCUT2D eigenvalue weighted by Gasteiger charge is -2.53. The summed E-state index contributed by atoms with van der Waals surface area (Å²) in [7, 11) is 0. The van der Waals surface area contributed by atoms with Crippen molar-refractivity contribution in [1.82, 2.24) is 0 Å². The van der Waals surface area contributed by atoms with Gasteiger partial charge in [0, 0.05) is 0 Å². The predicted octanol–water partition coefficient (Wildman–Crippen LogP) is 6.24. The molecular formula is C22H42O4.